The van der Waals surface area contributed by atoms with Crippen LogP contribution < -0.4 is 5.32 Å². The summed E-state index contributed by atoms with van der Waals surface area (Å²) < 4.78 is 11.6. The number of carbonyl (C=O) groups is 1. The van der Waals surface area contributed by atoms with E-state index in [1.807, 2.05) is 18.2 Å². The zero-order valence-electron chi connectivity index (χ0n) is 20.5. The van der Waals surface area contributed by atoms with E-state index in [0.29, 0.717) is 0 Å². The molecule has 10 heteroatoms. The Morgan fingerprint density at radius 3 is 2.67 bits per heavy atom. The zero-order valence-corrected chi connectivity index (χ0v) is 20.5. The van der Waals surface area contributed by atoms with Crippen molar-refractivity contribution in [3.8, 4) is 5.75 Å². The number of hydrogen-bond donors (Lipinski definition) is 6. The molecule has 0 radical (unpaired) electrons. The summed E-state index contributed by atoms with van der Waals surface area (Å²) in [5.74, 6) is -0.0664. The smallest absolute Gasteiger partial charge is 0.223 e. The van der Waals surface area contributed by atoms with Gasteiger partial charge in [0, 0.05) is 24.5 Å². The Hall–Kier alpha value is -2.05. The quantitative estimate of drug-likeness (QED) is 0.272. The number of phenols is 1. The van der Waals surface area contributed by atoms with Crippen LogP contribution in [-0.4, -0.2) is 112 Å². The summed E-state index contributed by atoms with van der Waals surface area (Å²) in [6, 6.07) is 5.33. The first kappa shape index (κ1) is 25.6. The van der Waals surface area contributed by atoms with Crippen molar-refractivity contribution in [1.82, 2.24) is 10.2 Å². The number of ether oxygens (including phenoxy) is 2. The van der Waals surface area contributed by atoms with Gasteiger partial charge >= 0.3 is 0 Å². The molecule has 2 bridgehead atoms. The van der Waals surface area contributed by atoms with Crippen LogP contribution in [0.4, 0.5) is 0 Å². The topological polar surface area (TPSA) is 152 Å². The van der Waals surface area contributed by atoms with Gasteiger partial charge in [-0.1, -0.05) is 18.2 Å². The van der Waals surface area contributed by atoms with Gasteiger partial charge in [0.2, 0.25) is 5.91 Å². The van der Waals surface area contributed by atoms with Gasteiger partial charge in [-0.05, 0) is 49.7 Å². The highest BCUT2D eigenvalue weighted by atomic mass is 16.5. The summed E-state index contributed by atoms with van der Waals surface area (Å²) in [6.07, 6.45) is -1.51. The van der Waals surface area contributed by atoms with Gasteiger partial charge in [0.1, 0.15) is 30.2 Å². The van der Waals surface area contributed by atoms with Crippen molar-refractivity contribution in [2.24, 2.45) is 5.92 Å². The van der Waals surface area contributed by atoms with Crippen LogP contribution in [0.15, 0.2) is 30.4 Å². The number of piperidine rings is 1. The number of likely N-dealkylation sites (N-methyl/N-ethyl adjacent to an activating group) is 1. The molecule has 198 valence electrons. The number of carbonyl (C=O) groups excluding carboxylic acids is 1. The van der Waals surface area contributed by atoms with Crippen LogP contribution in [0.2, 0.25) is 0 Å². The van der Waals surface area contributed by atoms with E-state index in [2.05, 4.69) is 23.3 Å². The number of hydrogen-bond acceptors (Lipinski definition) is 9. The number of amides is 1. The molecule has 2 heterocycles. The van der Waals surface area contributed by atoms with Crippen LogP contribution >= 0.6 is 0 Å². The Balaban J connectivity index is 1.41. The maximum atomic E-state index is 13.1. The number of likely N-dealkylation sites (tertiary alicyclic amines) is 1. The standard InChI is InChI=1S/C26H36N2O8/c1-28-8-7-26-15(18(28)9-13-3-4-14(30)10-16(13)26)5-6-17(25(26)35-2)27-21(31)11-19-22(32)24(34)23(33)20(12-29)36-19/h3-6,10,15,17-20,22-25,29-30,32-34H,7-9,11-12H2,1-2H3,(H,27,31)/t15-,17+,18+,19?,20?,22?,23?,24?,25?,26-/m0/s1. The van der Waals surface area contributed by atoms with E-state index >= 15 is 0 Å². The minimum Gasteiger partial charge on any atom is -0.508 e. The van der Waals surface area contributed by atoms with E-state index < -0.39 is 60.6 Å². The summed E-state index contributed by atoms with van der Waals surface area (Å²) >= 11 is 0. The molecule has 6 N–H and O–H groups in total. The number of fused-ring (bicyclic) bond motifs is 1. The monoisotopic (exact) mass is 504 g/mol. The molecule has 0 aromatic heterocycles. The molecule has 1 amide bonds. The molecule has 10 nitrogen and oxygen atoms in total. The van der Waals surface area contributed by atoms with Crippen molar-refractivity contribution < 1.29 is 39.8 Å². The number of aliphatic hydroxyl groups is 4. The second-order valence-corrected chi connectivity index (χ2v) is 10.6. The van der Waals surface area contributed by atoms with Gasteiger partial charge < -0.3 is 45.2 Å². The van der Waals surface area contributed by atoms with E-state index in [1.54, 1.807) is 13.2 Å². The predicted molar refractivity (Wildman–Crippen MR) is 128 cm³/mol. The molecule has 0 spiro atoms. The lowest BCUT2D eigenvalue weighted by molar-refractivity contribution is -0.229. The molecule has 1 aromatic carbocycles. The first-order valence-electron chi connectivity index (χ1n) is 12.5. The molecule has 4 aliphatic rings. The average Bonchev–Trinajstić information content (AvgIpc) is 2.86. The lowest BCUT2D eigenvalue weighted by Gasteiger charge is -2.60. The first-order chi connectivity index (χ1) is 17.2. The van der Waals surface area contributed by atoms with Crippen molar-refractivity contribution in [1.29, 1.82) is 0 Å². The van der Waals surface area contributed by atoms with Gasteiger partial charge in [-0.3, -0.25) is 4.79 Å². The summed E-state index contributed by atoms with van der Waals surface area (Å²) in [4.78, 5) is 15.5. The van der Waals surface area contributed by atoms with Crippen LogP contribution in [0.3, 0.4) is 0 Å². The van der Waals surface area contributed by atoms with Gasteiger partial charge in [-0.25, -0.2) is 0 Å². The largest absolute Gasteiger partial charge is 0.508 e. The van der Waals surface area contributed by atoms with Crippen LogP contribution in [0.5, 0.6) is 5.75 Å². The SMILES string of the molecule is COC1[C@H](NC(=O)CC2OC(CO)C(O)C(O)C2O)C=C[C@H]2[C@H]3Cc4ccc(O)cc4[C@@]12CCN3C. The van der Waals surface area contributed by atoms with E-state index in [4.69, 9.17) is 9.47 Å². The van der Waals surface area contributed by atoms with Gasteiger partial charge in [0.15, 0.2) is 0 Å². The van der Waals surface area contributed by atoms with Crippen molar-refractivity contribution >= 4 is 5.91 Å². The summed E-state index contributed by atoms with van der Waals surface area (Å²) in [7, 11) is 3.76. The highest BCUT2D eigenvalue weighted by Crippen LogP contribution is 2.55. The molecular formula is C26H36N2O8. The molecule has 2 fully saturated rings. The van der Waals surface area contributed by atoms with Crippen molar-refractivity contribution in [3.63, 3.8) is 0 Å². The van der Waals surface area contributed by atoms with E-state index in [-0.39, 0.29) is 24.1 Å². The molecule has 0 saturated carbocycles. The third kappa shape index (κ3) is 3.96. The normalized spacial score (nSPS) is 41.9. The Labute approximate surface area is 210 Å². The van der Waals surface area contributed by atoms with Crippen molar-refractivity contribution in [3.05, 3.63) is 41.5 Å². The van der Waals surface area contributed by atoms with Crippen LogP contribution in [0, 0.1) is 5.92 Å². The molecule has 10 atom stereocenters. The number of aromatic hydroxyl groups is 1. The molecule has 5 rings (SSSR count). The molecule has 2 aliphatic carbocycles. The summed E-state index contributed by atoms with van der Waals surface area (Å²) in [5, 5.41) is 53.2. The molecule has 6 unspecified atom stereocenters. The Kier molecular flexibility index (Phi) is 6.88. The molecule has 1 aromatic rings. The van der Waals surface area contributed by atoms with Gasteiger partial charge in [-0.15, -0.1) is 0 Å². The van der Waals surface area contributed by atoms with Crippen molar-refractivity contribution in [2.75, 3.05) is 27.3 Å². The summed E-state index contributed by atoms with van der Waals surface area (Å²) in [6.45, 7) is 0.307. The lowest BCUT2D eigenvalue weighted by Crippen LogP contribution is -2.68. The number of benzene rings is 1. The maximum absolute atomic E-state index is 13.1. The zero-order chi connectivity index (χ0) is 25.8. The first-order valence-corrected chi connectivity index (χ1v) is 12.5. The van der Waals surface area contributed by atoms with E-state index in [9.17, 15) is 30.3 Å². The fourth-order valence-corrected chi connectivity index (χ4v) is 7.01. The lowest BCUT2D eigenvalue weighted by atomic mass is 9.52. The highest BCUT2D eigenvalue weighted by molar-refractivity contribution is 5.77. The number of nitrogens with zero attached hydrogens (tertiary/aromatic N) is 1. The number of phenolic OH excluding ortho intramolecular Hbond substituents is 1. The number of rotatable bonds is 5. The number of nitrogens with one attached hydrogen (secondary N) is 1. The van der Waals surface area contributed by atoms with E-state index in [0.717, 1.165) is 24.9 Å². The molecular weight excluding hydrogens is 468 g/mol. The fourth-order valence-electron chi connectivity index (χ4n) is 7.01. The Morgan fingerprint density at radius 1 is 1.19 bits per heavy atom. The summed E-state index contributed by atoms with van der Waals surface area (Å²) in [5.41, 5.74) is 1.79. The third-order valence-corrected chi connectivity index (χ3v) is 8.80. The second-order valence-electron chi connectivity index (χ2n) is 10.6. The molecule has 2 aliphatic heterocycles. The highest BCUT2D eigenvalue weighted by Gasteiger charge is 2.59. The van der Waals surface area contributed by atoms with Gasteiger partial charge in [0.05, 0.1) is 31.3 Å². The average molecular weight is 505 g/mol. The fraction of sp³-hybridized carbons (Fsp3) is 0.654. The van der Waals surface area contributed by atoms with Crippen molar-refractivity contribution in [2.45, 2.75) is 73.4 Å². The molecule has 2 saturated heterocycles. The molecule has 36 heavy (non-hydrogen) atoms. The predicted octanol–water partition coefficient (Wildman–Crippen LogP) is -1.19. The minimum atomic E-state index is -1.53. The van der Waals surface area contributed by atoms with E-state index in [1.165, 1.54) is 5.56 Å². The Morgan fingerprint density at radius 2 is 1.94 bits per heavy atom. The van der Waals surface area contributed by atoms with Gasteiger partial charge in [-0.2, -0.15) is 0 Å². The number of methoxy groups -OCH3 is 1. The number of aliphatic hydroxyl groups excluding tert-OH is 4. The second kappa shape index (κ2) is 9.68. The third-order valence-electron chi connectivity index (χ3n) is 8.80. The van der Waals surface area contributed by atoms with Crippen LogP contribution in [-0.2, 0) is 26.1 Å². The van der Waals surface area contributed by atoms with Crippen LogP contribution in [0.1, 0.15) is 24.0 Å². The minimum absolute atomic E-state index is 0.147. The van der Waals surface area contributed by atoms with Crippen LogP contribution in [0.25, 0.3) is 0 Å². The van der Waals surface area contributed by atoms with Gasteiger partial charge in [0.25, 0.3) is 0 Å². The Bertz CT molecular complexity index is 1020. The maximum Gasteiger partial charge on any atom is 0.223 e.